The third kappa shape index (κ3) is 7.36. The maximum absolute atomic E-state index is 15.4. The molecular weight excluding hydrogens is 735 g/mol. The third-order valence-corrected chi connectivity index (χ3v) is 9.28. The number of pyridine rings is 1. The average Bonchev–Trinajstić information content (AvgIpc) is 3.89. The van der Waals surface area contributed by atoms with Crippen LogP contribution in [0, 0.1) is 5.82 Å². The molecule has 8 rings (SSSR count). The van der Waals surface area contributed by atoms with E-state index >= 15 is 4.39 Å². The molecule has 0 aliphatic carbocycles. The van der Waals surface area contributed by atoms with Gasteiger partial charge in [-0.1, -0.05) is 66.7 Å². The molecule has 4 atom stereocenters. The van der Waals surface area contributed by atoms with Crippen molar-refractivity contribution in [2.75, 3.05) is 12.3 Å². The number of hydrogen-bond donors (Lipinski definition) is 1. The number of ether oxygens (including phenoxy) is 4. The van der Waals surface area contributed by atoms with Crippen LogP contribution in [0.4, 0.5) is 10.2 Å². The number of nitrogens with two attached hydrogens (primary N) is 1. The SMILES string of the molecule is Nc1nc(=O)n([C@H]2O[C@H](COC(=O)c3ccccc3)[C@@H](OC(=O)c3ccccc3)[C@H]2OC(=O)c2ccccc2)c2nc(-c3ccccc3F)cc(-c3ccco3)c12. The zero-order chi connectivity index (χ0) is 39.5. The predicted molar refractivity (Wildman–Crippen MR) is 203 cm³/mol. The number of fused-ring (bicyclic) bond motifs is 1. The molecule has 0 saturated carbocycles. The largest absolute Gasteiger partial charge is 0.464 e. The Morgan fingerprint density at radius 1 is 0.702 bits per heavy atom. The van der Waals surface area contributed by atoms with E-state index in [9.17, 15) is 19.2 Å². The van der Waals surface area contributed by atoms with Crippen LogP contribution in [0.5, 0.6) is 0 Å². The lowest BCUT2D eigenvalue weighted by molar-refractivity contribution is -0.0622. The zero-order valence-corrected chi connectivity index (χ0v) is 29.8. The number of nitrogen functional groups attached to an aromatic ring is 1. The van der Waals surface area contributed by atoms with Crippen LogP contribution < -0.4 is 11.4 Å². The van der Waals surface area contributed by atoms with Gasteiger partial charge in [-0.15, -0.1) is 0 Å². The first-order chi connectivity index (χ1) is 27.8. The number of esters is 3. The molecule has 3 aromatic heterocycles. The highest BCUT2D eigenvalue weighted by atomic mass is 19.1. The van der Waals surface area contributed by atoms with Gasteiger partial charge in [0.25, 0.3) is 0 Å². The molecule has 13 nitrogen and oxygen atoms in total. The minimum atomic E-state index is -1.64. The summed E-state index contributed by atoms with van der Waals surface area (Å²) in [5, 5.41) is 0.123. The molecule has 57 heavy (non-hydrogen) atoms. The first-order valence-corrected chi connectivity index (χ1v) is 17.7. The maximum atomic E-state index is 15.4. The third-order valence-electron chi connectivity index (χ3n) is 9.28. The fourth-order valence-electron chi connectivity index (χ4n) is 6.59. The Kier molecular flexibility index (Phi) is 10.1. The van der Waals surface area contributed by atoms with E-state index in [1.807, 2.05) is 0 Å². The number of anilines is 1. The number of carbonyl (C=O) groups excluding carboxylic acids is 3. The van der Waals surface area contributed by atoms with Gasteiger partial charge in [0.15, 0.2) is 24.1 Å². The normalized spacial score (nSPS) is 17.6. The summed E-state index contributed by atoms with van der Waals surface area (Å²) < 4.78 is 46.4. The van der Waals surface area contributed by atoms with Crippen molar-refractivity contribution in [1.82, 2.24) is 14.5 Å². The van der Waals surface area contributed by atoms with Gasteiger partial charge in [0.1, 0.15) is 30.1 Å². The van der Waals surface area contributed by atoms with Crippen molar-refractivity contribution >= 4 is 34.8 Å². The van der Waals surface area contributed by atoms with Crippen LogP contribution in [0.25, 0.3) is 33.6 Å². The summed E-state index contributed by atoms with van der Waals surface area (Å²) >= 11 is 0. The van der Waals surface area contributed by atoms with Crippen molar-refractivity contribution in [3.63, 3.8) is 0 Å². The molecule has 4 aromatic carbocycles. The smallest absolute Gasteiger partial charge is 0.353 e. The molecule has 0 radical (unpaired) electrons. The first-order valence-electron chi connectivity index (χ1n) is 17.7. The van der Waals surface area contributed by atoms with Gasteiger partial charge in [-0.05, 0) is 66.7 Å². The van der Waals surface area contributed by atoms with Crippen molar-refractivity contribution in [3.8, 4) is 22.6 Å². The lowest BCUT2D eigenvalue weighted by Gasteiger charge is -2.26. The Hall–Kier alpha value is -7.45. The molecule has 0 unspecified atom stereocenters. The fraction of sp³-hybridized carbons (Fsp3) is 0.116. The molecule has 0 bridgehead atoms. The Balaban J connectivity index is 1.31. The predicted octanol–water partition coefficient (Wildman–Crippen LogP) is 6.65. The van der Waals surface area contributed by atoms with Crippen molar-refractivity contribution in [2.24, 2.45) is 0 Å². The highest BCUT2D eigenvalue weighted by Crippen LogP contribution is 2.40. The Bertz CT molecular complexity index is 2640. The van der Waals surface area contributed by atoms with E-state index in [4.69, 9.17) is 34.1 Å². The van der Waals surface area contributed by atoms with E-state index < -0.39 is 60.6 Å². The molecule has 1 aliphatic rings. The number of benzene rings is 4. The van der Waals surface area contributed by atoms with Crippen LogP contribution in [0.1, 0.15) is 37.3 Å². The molecule has 0 spiro atoms. The number of rotatable bonds is 10. The van der Waals surface area contributed by atoms with E-state index in [1.54, 1.807) is 91.0 Å². The number of nitrogens with zero attached hydrogens (tertiary/aromatic N) is 3. The van der Waals surface area contributed by atoms with Gasteiger partial charge >= 0.3 is 23.6 Å². The van der Waals surface area contributed by atoms with Crippen LogP contribution in [0.3, 0.4) is 0 Å². The molecule has 1 saturated heterocycles. The molecule has 284 valence electrons. The lowest BCUT2D eigenvalue weighted by Crippen LogP contribution is -2.42. The van der Waals surface area contributed by atoms with Gasteiger partial charge in [0, 0.05) is 11.1 Å². The number of halogens is 1. The topological polar surface area (TPSA) is 175 Å². The van der Waals surface area contributed by atoms with Gasteiger partial charge in [-0.2, -0.15) is 4.98 Å². The summed E-state index contributed by atoms with van der Waals surface area (Å²) in [6.45, 7) is -0.517. The summed E-state index contributed by atoms with van der Waals surface area (Å²) in [5.74, 6) is -2.94. The van der Waals surface area contributed by atoms with E-state index in [0.717, 1.165) is 4.57 Å². The average molecular weight is 767 g/mol. The minimum absolute atomic E-state index is 0.0846. The molecule has 14 heteroatoms. The zero-order valence-electron chi connectivity index (χ0n) is 29.8. The van der Waals surface area contributed by atoms with Gasteiger partial charge < -0.3 is 29.1 Å². The second-order valence-corrected chi connectivity index (χ2v) is 12.9. The second-order valence-electron chi connectivity index (χ2n) is 12.9. The summed E-state index contributed by atoms with van der Waals surface area (Å²) in [6.07, 6.45) is -4.62. The highest BCUT2D eigenvalue weighted by molar-refractivity contribution is 6.00. The molecule has 4 heterocycles. The lowest BCUT2D eigenvalue weighted by atomic mass is 10.0. The van der Waals surface area contributed by atoms with Crippen molar-refractivity contribution < 1.29 is 42.1 Å². The van der Waals surface area contributed by atoms with Crippen LogP contribution >= 0.6 is 0 Å². The Labute approximate surface area is 323 Å². The van der Waals surface area contributed by atoms with E-state index in [1.165, 1.54) is 48.7 Å². The molecule has 7 aromatic rings. The number of furan rings is 1. The summed E-state index contributed by atoms with van der Waals surface area (Å²) in [7, 11) is 0. The molecule has 2 N–H and O–H groups in total. The summed E-state index contributed by atoms with van der Waals surface area (Å²) in [4.78, 5) is 63.7. The monoisotopic (exact) mass is 766 g/mol. The quantitative estimate of drug-likeness (QED) is 0.116. The van der Waals surface area contributed by atoms with Crippen LogP contribution in [0.2, 0.25) is 0 Å². The maximum Gasteiger partial charge on any atom is 0.353 e. The van der Waals surface area contributed by atoms with E-state index in [-0.39, 0.29) is 44.8 Å². The van der Waals surface area contributed by atoms with E-state index in [0.29, 0.717) is 11.3 Å². The molecule has 1 aliphatic heterocycles. The molecule has 0 amide bonds. The molecule has 1 fully saturated rings. The van der Waals surface area contributed by atoms with Gasteiger partial charge in [-0.3, -0.25) is 0 Å². The van der Waals surface area contributed by atoms with Gasteiger partial charge in [0.05, 0.1) is 34.0 Å². The minimum Gasteiger partial charge on any atom is -0.464 e. The van der Waals surface area contributed by atoms with Crippen LogP contribution in [0.15, 0.2) is 149 Å². The summed E-state index contributed by atoms with van der Waals surface area (Å²) in [5.41, 5.74) is 6.28. The van der Waals surface area contributed by atoms with Gasteiger partial charge in [-0.25, -0.2) is 33.1 Å². The van der Waals surface area contributed by atoms with Crippen LogP contribution in [-0.4, -0.2) is 57.4 Å². The van der Waals surface area contributed by atoms with Gasteiger partial charge in [0.2, 0.25) is 0 Å². The van der Waals surface area contributed by atoms with Crippen LogP contribution in [-0.2, 0) is 18.9 Å². The fourth-order valence-corrected chi connectivity index (χ4v) is 6.59. The second kappa shape index (κ2) is 15.7. The van der Waals surface area contributed by atoms with E-state index in [2.05, 4.69) is 4.98 Å². The number of aromatic nitrogens is 3. The number of carbonyl (C=O) groups is 3. The Morgan fingerprint density at radius 2 is 1.28 bits per heavy atom. The van der Waals surface area contributed by atoms with Crippen molar-refractivity contribution in [3.05, 3.63) is 173 Å². The summed E-state index contributed by atoms with van der Waals surface area (Å²) in [6, 6.07) is 34.9. The van der Waals surface area contributed by atoms with Crippen molar-refractivity contribution in [2.45, 2.75) is 24.5 Å². The van der Waals surface area contributed by atoms with Crippen molar-refractivity contribution in [1.29, 1.82) is 0 Å². The highest BCUT2D eigenvalue weighted by Gasteiger charge is 2.52. The Morgan fingerprint density at radius 3 is 1.88 bits per heavy atom. The standard InChI is InChI=1S/C43H31FN4O9/c44-30-20-11-10-19-28(30)31-23-29(32-21-12-22-53-32)34-37(45)47-43(52)48(38(34)46-31)39-36(57-42(51)27-17-8-3-9-18-27)35(56-41(50)26-15-6-2-7-16-26)33(55-39)24-54-40(49)25-13-4-1-5-14-25/h1-23,33,35-36,39H,24H2,(H2,45,47,52)/t33-,35-,36-,39+/m1/s1. The number of hydrogen-bond acceptors (Lipinski definition) is 12. The molecular formula is C43H31FN4O9. The first kappa shape index (κ1) is 36.5.